The third-order valence-corrected chi connectivity index (χ3v) is 12.1. The Bertz CT molecular complexity index is 3320. The van der Waals surface area contributed by atoms with Crippen LogP contribution in [0.4, 0.5) is 0 Å². The van der Waals surface area contributed by atoms with Gasteiger partial charge in [-0.1, -0.05) is 188 Å². The van der Waals surface area contributed by atoms with Gasteiger partial charge >= 0.3 is 0 Å². The van der Waals surface area contributed by atoms with Crippen molar-refractivity contribution >= 4 is 0 Å². The molecular formula is C59H38N4O. The van der Waals surface area contributed by atoms with Gasteiger partial charge < -0.3 is 4.74 Å². The van der Waals surface area contributed by atoms with Crippen molar-refractivity contribution < 1.29 is 4.74 Å². The molecule has 11 rings (SSSR count). The van der Waals surface area contributed by atoms with Gasteiger partial charge in [0.15, 0.2) is 17.5 Å². The highest BCUT2D eigenvalue weighted by molar-refractivity contribution is 5.84. The van der Waals surface area contributed by atoms with Crippen molar-refractivity contribution in [3.8, 4) is 85.1 Å². The highest BCUT2D eigenvalue weighted by atomic mass is 16.5. The van der Waals surface area contributed by atoms with E-state index in [0.29, 0.717) is 23.0 Å². The summed E-state index contributed by atoms with van der Waals surface area (Å²) < 4.78 is 6.81. The molecule has 1 aromatic heterocycles. The van der Waals surface area contributed by atoms with E-state index >= 15 is 0 Å². The second-order valence-electron chi connectivity index (χ2n) is 15.9. The molecule has 0 aliphatic carbocycles. The molecule has 10 aromatic rings. The van der Waals surface area contributed by atoms with Gasteiger partial charge in [-0.05, 0) is 87.0 Å². The first kappa shape index (κ1) is 38.2. The molecule has 1 aliphatic heterocycles. The SMILES string of the molecule is N#Cc1ccc(-c2cccc(-c3nc(-c4ccccc4)nc(-c4cccc(-c5cccc(-c6cccc7c6C(c6ccccc6)(c6ccccc6)c6ccccc6O7)c5)c4)n3)c2)cc1. The van der Waals surface area contributed by atoms with E-state index in [1.807, 2.05) is 72.8 Å². The first-order chi connectivity index (χ1) is 31.7. The predicted octanol–water partition coefficient (Wildman–Crippen LogP) is 14.2. The molecule has 1 aliphatic rings. The fourth-order valence-electron chi connectivity index (χ4n) is 9.13. The van der Waals surface area contributed by atoms with E-state index in [1.54, 1.807) is 0 Å². The highest BCUT2D eigenvalue weighted by Crippen LogP contribution is 2.57. The zero-order chi connectivity index (χ0) is 42.9. The van der Waals surface area contributed by atoms with E-state index in [-0.39, 0.29) is 0 Å². The average molecular weight is 819 g/mol. The molecule has 300 valence electrons. The van der Waals surface area contributed by atoms with Crippen molar-refractivity contribution in [1.29, 1.82) is 5.26 Å². The third kappa shape index (κ3) is 6.81. The van der Waals surface area contributed by atoms with E-state index in [2.05, 4.69) is 164 Å². The lowest BCUT2D eigenvalue weighted by atomic mass is 9.62. The van der Waals surface area contributed by atoms with E-state index in [9.17, 15) is 5.26 Å². The molecule has 0 radical (unpaired) electrons. The number of nitriles is 1. The molecule has 9 aromatic carbocycles. The summed E-state index contributed by atoms with van der Waals surface area (Å²) in [6.45, 7) is 0. The molecule has 0 N–H and O–H groups in total. The Morgan fingerprint density at radius 3 is 1.39 bits per heavy atom. The minimum atomic E-state index is -0.659. The van der Waals surface area contributed by atoms with Crippen LogP contribution in [0.25, 0.3) is 67.5 Å². The number of ether oxygens (including phenoxy) is 1. The summed E-state index contributed by atoms with van der Waals surface area (Å²) in [6.07, 6.45) is 0. The van der Waals surface area contributed by atoms with E-state index in [4.69, 9.17) is 19.7 Å². The second-order valence-corrected chi connectivity index (χ2v) is 15.9. The van der Waals surface area contributed by atoms with E-state index < -0.39 is 5.41 Å². The smallest absolute Gasteiger partial charge is 0.164 e. The van der Waals surface area contributed by atoms with Gasteiger partial charge in [0.05, 0.1) is 17.0 Å². The number of benzene rings is 9. The maximum atomic E-state index is 9.35. The van der Waals surface area contributed by atoms with Crippen LogP contribution in [0, 0.1) is 11.3 Å². The molecule has 5 nitrogen and oxygen atoms in total. The number of hydrogen-bond donors (Lipinski definition) is 0. The van der Waals surface area contributed by atoms with Gasteiger partial charge in [0, 0.05) is 27.8 Å². The standard InChI is InChI=1S/C59H38N4O/c60-39-40-32-34-41(35-33-40)43-18-13-22-47(37-43)57-61-56(42-16-4-1-5-17-42)62-58(63-57)48-23-14-20-45(38-48)44-19-12-21-46(36-44)51-28-15-31-54-55(51)59(49-24-6-2-7-25-49,50-26-8-3-9-27-50)52-29-10-11-30-53(52)64-54/h1-38H. The minimum absolute atomic E-state index is 0.574. The van der Waals surface area contributed by atoms with Crippen molar-refractivity contribution in [1.82, 2.24) is 15.0 Å². The normalized spacial score (nSPS) is 12.3. The molecule has 64 heavy (non-hydrogen) atoms. The molecule has 0 amide bonds. The highest BCUT2D eigenvalue weighted by Gasteiger charge is 2.46. The van der Waals surface area contributed by atoms with Crippen molar-refractivity contribution in [2.24, 2.45) is 0 Å². The van der Waals surface area contributed by atoms with Crippen molar-refractivity contribution in [3.63, 3.8) is 0 Å². The molecule has 0 saturated heterocycles. The molecule has 0 atom stereocenters. The Morgan fingerprint density at radius 1 is 0.359 bits per heavy atom. The number of aromatic nitrogens is 3. The number of rotatable bonds is 8. The van der Waals surface area contributed by atoms with Crippen LogP contribution in [0.15, 0.2) is 231 Å². The maximum absolute atomic E-state index is 9.35. The molecule has 0 saturated carbocycles. The number of para-hydroxylation sites is 1. The van der Waals surface area contributed by atoms with Crippen molar-refractivity contribution in [3.05, 3.63) is 258 Å². The van der Waals surface area contributed by atoms with Gasteiger partial charge in [-0.15, -0.1) is 0 Å². The topological polar surface area (TPSA) is 71.7 Å². The molecule has 0 spiro atoms. The quantitative estimate of drug-likeness (QED) is 0.153. The number of hydrogen-bond acceptors (Lipinski definition) is 5. The van der Waals surface area contributed by atoms with Gasteiger partial charge in [-0.3, -0.25) is 0 Å². The van der Waals surface area contributed by atoms with Gasteiger partial charge in [0.25, 0.3) is 0 Å². The van der Waals surface area contributed by atoms with Crippen LogP contribution in [-0.2, 0) is 5.41 Å². The lowest BCUT2D eigenvalue weighted by Crippen LogP contribution is -2.34. The lowest BCUT2D eigenvalue weighted by molar-refractivity contribution is 0.435. The molecule has 5 heteroatoms. The Hall–Kier alpha value is -8.72. The average Bonchev–Trinajstić information content (AvgIpc) is 3.38. The second kappa shape index (κ2) is 16.3. The van der Waals surface area contributed by atoms with Crippen molar-refractivity contribution in [2.75, 3.05) is 0 Å². The monoisotopic (exact) mass is 818 g/mol. The van der Waals surface area contributed by atoms with E-state index in [0.717, 1.165) is 72.7 Å². The molecule has 0 unspecified atom stereocenters. The minimum Gasteiger partial charge on any atom is -0.457 e. The third-order valence-electron chi connectivity index (χ3n) is 12.1. The Kier molecular flexibility index (Phi) is 9.72. The zero-order valence-corrected chi connectivity index (χ0v) is 34.6. The summed E-state index contributed by atoms with van der Waals surface area (Å²) in [5, 5.41) is 9.35. The first-order valence-electron chi connectivity index (χ1n) is 21.3. The Labute approximate surface area is 372 Å². The van der Waals surface area contributed by atoms with Gasteiger partial charge in [0.1, 0.15) is 11.5 Å². The number of fused-ring (bicyclic) bond motifs is 2. The molecule has 2 heterocycles. The van der Waals surface area contributed by atoms with Gasteiger partial charge in [-0.2, -0.15) is 5.26 Å². The van der Waals surface area contributed by atoms with Gasteiger partial charge in [0.2, 0.25) is 0 Å². The Balaban J connectivity index is 1.03. The summed E-state index contributed by atoms with van der Waals surface area (Å²) >= 11 is 0. The fourth-order valence-corrected chi connectivity index (χ4v) is 9.13. The predicted molar refractivity (Wildman–Crippen MR) is 256 cm³/mol. The molecular weight excluding hydrogens is 781 g/mol. The van der Waals surface area contributed by atoms with Crippen molar-refractivity contribution in [2.45, 2.75) is 5.41 Å². The summed E-state index contributed by atoms with van der Waals surface area (Å²) in [5.74, 6) is 3.42. The summed E-state index contributed by atoms with van der Waals surface area (Å²) in [7, 11) is 0. The van der Waals surface area contributed by atoms with Crippen LogP contribution in [0.3, 0.4) is 0 Å². The van der Waals surface area contributed by atoms with Crippen LogP contribution in [0.5, 0.6) is 11.5 Å². The van der Waals surface area contributed by atoms with E-state index in [1.165, 1.54) is 11.1 Å². The zero-order valence-electron chi connectivity index (χ0n) is 34.6. The van der Waals surface area contributed by atoms with Gasteiger partial charge in [-0.25, -0.2) is 15.0 Å². The van der Waals surface area contributed by atoms with Crippen LogP contribution >= 0.6 is 0 Å². The molecule has 0 fully saturated rings. The van der Waals surface area contributed by atoms with Crippen LogP contribution in [-0.4, -0.2) is 15.0 Å². The first-order valence-corrected chi connectivity index (χ1v) is 21.3. The van der Waals surface area contributed by atoms with Crippen LogP contribution < -0.4 is 4.74 Å². The lowest BCUT2D eigenvalue weighted by Gasteiger charge is -2.42. The maximum Gasteiger partial charge on any atom is 0.164 e. The fraction of sp³-hybridized carbons (Fsp3) is 0.0169. The summed E-state index contributed by atoms with van der Waals surface area (Å²) in [5.41, 5.74) is 13.4. The number of nitrogens with zero attached hydrogens (tertiary/aromatic N) is 4. The van der Waals surface area contributed by atoms with Crippen LogP contribution in [0.1, 0.15) is 27.8 Å². The largest absolute Gasteiger partial charge is 0.457 e. The summed E-state index contributed by atoms with van der Waals surface area (Å²) in [4.78, 5) is 15.2. The van der Waals surface area contributed by atoms with Crippen LogP contribution in [0.2, 0.25) is 0 Å². The summed E-state index contributed by atoms with van der Waals surface area (Å²) in [6, 6.07) is 81.7. The molecule has 0 bridgehead atoms. The Morgan fingerprint density at radius 2 is 0.797 bits per heavy atom.